The first-order valence-electron chi connectivity index (χ1n) is 15.8. The molecule has 39 heavy (non-hydrogen) atoms. The summed E-state index contributed by atoms with van der Waals surface area (Å²) >= 11 is 0. The van der Waals surface area contributed by atoms with Crippen LogP contribution in [-0.4, -0.2) is 19.2 Å². The van der Waals surface area contributed by atoms with Gasteiger partial charge in [0.1, 0.15) is 11.5 Å². The van der Waals surface area contributed by atoms with E-state index >= 15 is 0 Å². The molecule has 0 saturated heterocycles. The molecule has 0 aromatic heterocycles. The van der Waals surface area contributed by atoms with E-state index in [9.17, 15) is 4.79 Å². The lowest BCUT2D eigenvalue weighted by atomic mass is 10.1. The summed E-state index contributed by atoms with van der Waals surface area (Å²) in [6, 6.07) is 14.8. The zero-order valence-corrected chi connectivity index (χ0v) is 25.1. The van der Waals surface area contributed by atoms with Crippen LogP contribution in [0.4, 0.5) is 0 Å². The molecule has 1 atom stereocenters. The number of carbonyl (C=O) groups excluding carboxylic acids is 1. The Morgan fingerprint density at radius 3 is 1.59 bits per heavy atom. The quantitative estimate of drug-likeness (QED) is 0.0802. The first-order valence-corrected chi connectivity index (χ1v) is 15.8. The third kappa shape index (κ3) is 15.1. The summed E-state index contributed by atoms with van der Waals surface area (Å²) < 4.78 is 17.4. The van der Waals surface area contributed by atoms with Crippen molar-refractivity contribution < 1.29 is 19.0 Å². The normalized spacial score (nSPS) is 11.9. The fraction of sp³-hybridized carbons (Fsp3) is 0.629. The van der Waals surface area contributed by atoms with Crippen LogP contribution in [0.1, 0.15) is 146 Å². The maximum absolute atomic E-state index is 12.6. The molecular formula is C35H54O4. The van der Waals surface area contributed by atoms with Crippen molar-refractivity contribution in [3.63, 3.8) is 0 Å². The standard InChI is InChI=1S/C35H54O4/c1-4-6-8-10-11-12-13-14-15-17-19-29-38-33-24-22-32(23-25-33)35(36)39-34-26-20-31(21-27-34)30(3)37-28-18-16-9-7-5-2/h20-27,30H,4-19,28-29H2,1-3H3. The van der Waals surface area contributed by atoms with Crippen molar-refractivity contribution in [2.45, 2.75) is 130 Å². The number of hydrogen-bond acceptors (Lipinski definition) is 4. The molecule has 0 spiro atoms. The Bertz CT molecular complexity index is 859. The zero-order valence-electron chi connectivity index (χ0n) is 25.1. The highest BCUT2D eigenvalue weighted by Gasteiger charge is 2.11. The average Bonchev–Trinajstić information content (AvgIpc) is 2.96. The average molecular weight is 539 g/mol. The SMILES string of the molecule is CCCCCCCCCCCCCOc1ccc(C(=O)Oc2ccc(C(C)OCCCCCCC)cc2)cc1. The molecule has 2 rings (SSSR count). The van der Waals surface area contributed by atoms with E-state index in [-0.39, 0.29) is 12.1 Å². The first-order chi connectivity index (χ1) is 19.1. The van der Waals surface area contributed by atoms with Gasteiger partial charge in [0, 0.05) is 6.61 Å². The molecule has 0 saturated carbocycles. The second-order valence-corrected chi connectivity index (χ2v) is 10.8. The van der Waals surface area contributed by atoms with Crippen molar-refractivity contribution in [1.82, 2.24) is 0 Å². The predicted molar refractivity (Wildman–Crippen MR) is 163 cm³/mol. The van der Waals surface area contributed by atoms with Crippen LogP contribution < -0.4 is 9.47 Å². The van der Waals surface area contributed by atoms with Crippen LogP contribution in [0.2, 0.25) is 0 Å². The molecule has 0 aliphatic heterocycles. The highest BCUT2D eigenvalue weighted by molar-refractivity contribution is 5.91. The Kier molecular flexibility index (Phi) is 18.1. The van der Waals surface area contributed by atoms with E-state index in [4.69, 9.17) is 14.2 Å². The Morgan fingerprint density at radius 2 is 1.05 bits per heavy atom. The van der Waals surface area contributed by atoms with Crippen LogP contribution in [0.3, 0.4) is 0 Å². The van der Waals surface area contributed by atoms with Gasteiger partial charge in [-0.15, -0.1) is 0 Å². The molecule has 0 aliphatic carbocycles. The minimum atomic E-state index is -0.365. The van der Waals surface area contributed by atoms with Crippen LogP contribution in [0.5, 0.6) is 11.5 Å². The Labute approximate surface area is 238 Å². The van der Waals surface area contributed by atoms with Gasteiger partial charge in [-0.25, -0.2) is 4.79 Å². The Hall–Kier alpha value is -2.33. The van der Waals surface area contributed by atoms with E-state index < -0.39 is 0 Å². The maximum atomic E-state index is 12.6. The molecule has 0 bridgehead atoms. The topological polar surface area (TPSA) is 44.8 Å². The maximum Gasteiger partial charge on any atom is 0.343 e. The number of hydrogen-bond donors (Lipinski definition) is 0. The monoisotopic (exact) mass is 538 g/mol. The molecule has 0 aliphatic rings. The molecule has 2 aromatic carbocycles. The summed E-state index contributed by atoms with van der Waals surface area (Å²) in [4.78, 5) is 12.6. The van der Waals surface area contributed by atoms with Crippen molar-refractivity contribution in [3.8, 4) is 11.5 Å². The molecule has 1 unspecified atom stereocenters. The van der Waals surface area contributed by atoms with Crippen LogP contribution in [-0.2, 0) is 4.74 Å². The molecule has 4 heteroatoms. The molecule has 2 aromatic rings. The highest BCUT2D eigenvalue weighted by atomic mass is 16.5. The smallest absolute Gasteiger partial charge is 0.343 e. The third-order valence-corrected chi connectivity index (χ3v) is 7.28. The lowest BCUT2D eigenvalue weighted by Crippen LogP contribution is -2.09. The van der Waals surface area contributed by atoms with E-state index in [2.05, 4.69) is 20.8 Å². The van der Waals surface area contributed by atoms with Crippen LogP contribution in [0.15, 0.2) is 48.5 Å². The molecule has 0 N–H and O–H groups in total. The van der Waals surface area contributed by atoms with E-state index in [1.54, 1.807) is 12.1 Å². The second-order valence-electron chi connectivity index (χ2n) is 10.8. The summed E-state index contributed by atoms with van der Waals surface area (Å²) in [6.45, 7) is 8.05. The van der Waals surface area contributed by atoms with Crippen LogP contribution in [0.25, 0.3) is 0 Å². The molecular weight excluding hydrogens is 484 g/mol. The van der Waals surface area contributed by atoms with Gasteiger partial charge >= 0.3 is 5.97 Å². The lowest BCUT2D eigenvalue weighted by Gasteiger charge is -2.14. The van der Waals surface area contributed by atoms with E-state index in [0.717, 1.165) is 30.8 Å². The summed E-state index contributed by atoms with van der Waals surface area (Å²) in [5, 5.41) is 0. The lowest BCUT2D eigenvalue weighted by molar-refractivity contribution is 0.0627. The van der Waals surface area contributed by atoms with Gasteiger partial charge in [-0.3, -0.25) is 0 Å². The highest BCUT2D eigenvalue weighted by Crippen LogP contribution is 2.22. The predicted octanol–water partition coefficient (Wildman–Crippen LogP) is 10.6. The van der Waals surface area contributed by atoms with Crippen LogP contribution in [0, 0.1) is 0 Å². The van der Waals surface area contributed by atoms with Crippen molar-refractivity contribution in [2.24, 2.45) is 0 Å². The summed E-state index contributed by atoms with van der Waals surface area (Å²) in [7, 11) is 0. The largest absolute Gasteiger partial charge is 0.494 e. The molecule has 218 valence electrons. The minimum Gasteiger partial charge on any atom is -0.494 e. The van der Waals surface area contributed by atoms with Gasteiger partial charge in [0.05, 0.1) is 18.3 Å². The van der Waals surface area contributed by atoms with Gasteiger partial charge in [-0.1, -0.05) is 116 Å². The molecule has 0 heterocycles. The van der Waals surface area contributed by atoms with E-state index in [1.165, 1.54) is 89.9 Å². The zero-order chi connectivity index (χ0) is 28.0. The van der Waals surface area contributed by atoms with Crippen molar-refractivity contribution >= 4 is 5.97 Å². The van der Waals surface area contributed by atoms with Crippen molar-refractivity contribution in [3.05, 3.63) is 59.7 Å². The minimum absolute atomic E-state index is 0.0265. The van der Waals surface area contributed by atoms with Crippen molar-refractivity contribution in [1.29, 1.82) is 0 Å². The third-order valence-electron chi connectivity index (χ3n) is 7.28. The van der Waals surface area contributed by atoms with Gasteiger partial charge in [0.25, 0.3) is 0 Å². The van der Waals surface area contributed by atoms with Gasteiger partial charge in [0.2, 0.25) is 0 Å². The van der Waals surface area contributed by atoms with Crippen LogP contribution >= 0.6 is 0 Å². The van der Waals surface area contributed by atoms with Gasteiger partial charge in [-0.05, 0) is 61.7 Å². The van der Waals surface area contributed by atoms with E-state index in [0.29, 0.717) is 17.9 Å². The number of ether oxygens (including phenoxy) is 3. The number of esters is 1. The fourth-order valence-corrected chi connectivity index (χ4v) is 4.68. The number of unbranched alkanes of at least 4 members (excludes halogenated alkanes) is 14. The number of carbonyl (C=O) groups is 1. The van der Waals surface area contributed by atoms with Gasteiger partial charge < -0.3 is 14.2 Å². The molecule has 0 radical (unpaired) electrons. The summed E-state index contributed by atoms with van der Waals surface area (Å²) in [5.74, 6) is 0.964. The summed E-state index contributed by atoms with van der Waals surface area (Å²) in [5.41, 5.74) is 1.60. The van der Waals surface area contributed by atoms with Crippen molar-refractivity contribution in [2.75, 3.05) is 13.2 Å². The first kappa shape index (κ1) is 32.9. The Morgan fingerprint density at radius 1 is 0.590 bits per heavy atom. The molecule has 0 amide bonds. The molecule has 0 fully saturated rings. The number of rotatable bonds is 23. The summed E-state index contributed by atoms with van der Waals surface area (Å²) in [6.07, 6.45) is 20.7. The van der Waals surface area contributed by atoms with Gasteiger partial charge in [0.15, 0.2) is 0 Å². The van der Waals surface area contributed by atoms with E-state index in [1.807, 2.05) is 36.4 Å². The Balaban J connectivity index is 1.59. The second kappa shape index (κ2) is 21.5. The van der Waals surface area contributed by atoms with Gasteiger partial charge in [-0.2, -0.15) is 0 Å². The molecule has 4 nitrogen and oxygen atoms in total. The number of benzene rings is 2. The fourth-order valence-electron chi connectivity index (χ4n) is 4.68.